The molecule has 3 nitrogen and oxygen atoms in total. The largest absolute Gasteiger partial charge is 0.497 e. The number of alkyl halides is 1. The topological polar surface area (TPSA) is 21.7 Å². The molecule has 6 heteroatoms. The van der Waals surface area contributed by atoms with Crippen molar-refractivity contribution in [2.45, 2.75) is 37.2 Å². The van der Waals surface area contributed by atoms with E-state index >= 15 is 0 Å². The second-order valence-corrected chi connectivity index (χ2v) is 10.4. The first-order chi connectivity index (χ1) is 18.0. The molecule has 0 aromatic heterocycles. The molecule has 0 amide bonds. The average Bonchev–Trinajstić information content (AvgIpc) is 3.36. The molecular formula is C31H35F2NO2S. The molecule has 2 aromatic carbocycles. The Bertz CT molecular complexity index is 1180. The Morgan fingerprint density at radius 2 is 1.92 bits per heavy atom. The average molecular weight is 524 g/mol. The zero-order chi connectivity index (χ0) is 26.2. The number of benzene rings is 2. The summed E-state index contributed by atoms with van der Waals surface area (Å²) in [6, 6.07) is 16.4. The summed E-state index contributed by atoms with van der Waals surface area (Å²) in [5.41, 5.74) is 4.64. The lowest BCUT2D eigenvalue weighted by Gasteiger charge is -2.25. The van der Waals surface area contributed by atoms with E-state index < -0.39 is 0 Å². The number of thioether (sulfide) groups is 1. The van der Waals surface area contributed by atoms with Crippen LogP contribution < -0.4 is 4.74 Å². The van der Waals surface area contributed by atoms with Crippen molar-refractivity contribution in [3.63, 3.8) is 0 Å². The van der Waals surface area contributed by atoms with Gasteiger partial charge < -0.3 is 9.47 Å². The van der Waals surface area contributed by atoms with Crippen LogP contribution in [0.2, 0.25) is 0 Å². The van der Waals surface area contributed by atoms with Gasteiger partial charge in [0.15, 0.2) is 0 Å². The molecule has 0 saturated carbocycles. The molecule has 2 aliphatic heterocycles. The summed E-state index contributed by atoms with van der Waals surface area (Å²) >= 11 is 1.72. The lowest BCUT2D eigenvalue weighted by Crippen LogP contribution is -2.25. The summed E-state index contributed by atoms with van der Waals surface area (Å²) in [7, 11) is 1.55. The SMILES string of the molecule is C=C(/C=C\C(C1=C(c2ccc(OC3CCN(CCCCF)C3)cc2)c2ccccc2SC1)=C(/C)F)OC. The third-order valence-corrected chi connectivity index (χ3v) is 7.86. The lowest BCUT2D eigenvalue weighted by molar-refractivity contribution is 0.199. The number of unbranched alkanes of at least 4 members (excludes halogenated alkanes) is 1. The van der Waals surface area contributed by atoms with E-state index in [1.165, 1.54) is 11.8 Å². The number of fused-ring (bicyclic) bond motifs is 1. The van der Waals surface area contributed by atoms with Gasteiger partial charge in [0.1, 0.15) is 23.4 Å². The van der Waals surface area contributed by atoms with E-state index in [1.54, 1.807) is 31.0 Å². The molecule has 1 unspecified atom stereocenters. The number of nitrogens with zero attached hydrogens (tertiary/aromatic N) is 1. The minimum Gasteiger partial charge on any atom is -0.497 e. The van der Waals surface area contributed by atoms with E-state index in [1.807, 2.05) is 24.3 Å². The van der Waals surface area contributed by atoms with Crippen molar-refractivity contribution in [1.82, 2.24) is 4.90 Å². The zero-order valence-electron chi connectivity index (χ0n) is 21.6. The van der Waals surface area contributed by atoms with Crippen molar-refractivity contribution in [1.29, 1.82) is 0 Å². The Morgan fingerprint density at radius 3 is 2.65 bits per heavy atom. The predicted molar refractivity (Wildman–Crippen MR) is 149 cm³/mol. The van der Waals surface area contributed by atoms with Crippen LogP contribution in [0.5, 0.6) is 5.75 Å². The number of halogens is 2. The molecule has 1 atom stereocenters. The van der Waals surface area contributed by atoms with Crippen LogP contribution in [-0.2, 0) is 4.74 Å². The molecule has 0 bridgehead atoms. The van der Waals surface area contributed by atoms with Crippen LogP contribution in [0.1, 0.15) is 37.3 Å². The molecule has 0 spiro atoms. The van der Waals surface area contributed by atoms with Crippen molar-refractivity contribution < 1.29 is 18.3 Å². The van der Waals surface area contributed by atoms with Gasteiger partial charge in [0.05, 0.1) is 13.8 Å². The second kappa shape index (κ2) is 13.1. The number of allylic oxidation sites excluding steroid dienone is 4. The van der Waals surface area contributed by atoms with E-state index in [4.69, 9.17) is 9.47 Å². The van der Waals surface area contributed by atoms with E-state index in [-0.39, 0.29) is 18.6 Å². The van der Waals surface area contributed by atoms with Crippen LogP contribution >= 0.6 is 11.8 Å². The highest BCUT2D eigenvalue weighted by atomic mass is 32.2. The fourth-order valence-electron chi connectivity index (χ4n) is 4.81. The van der Waals surface area contributed by atoms with Crippen LogP contribution in [-0.4, -0.2) is 50.2 Å². The Balaban J connectivity index is 1.60. The smallest absolute Gasteiger partial charge is 0.119 e. The van der Waals surface area contributed by atoms with Gasteiger partial charge in [-0.25, -0.2) is 4.39 Å². The Morgan fingerprint density at radius 1 is 1.14 bits per heavy atom. The zero-order valence-corrected chi connectivity index (χ0v) is 22.5. The van der Waals surface area contributed by atoms with Gasteiger partial charge in [-0.3, -0.25) is 9.29 Å². The fraction of sp³-hybridized carbons (Fsp3) is 0.355. The first-order valence-corrected chi connectivity index (χ1v) is 13.8. The summed E-state index contributed by atoms with van der Waals surface area (Å²) in [6.07, 6.45) is 6.08. The normalized spacial score (nSPS) is 18.6. The maximum Gasteiger partial charge on any atom is 0.119 e. The number of likely N-dealkylation sites (tertiary alicyclic amines) is 1. The molecule has 2 aromatic rings. The number of rotatable bonds is 11. The molecule has 2 aliphatic rings. The molecule has 1 fully saturated rings. The van der Waals surface area contributed by atoms with Gasteiger partial charge in [-0.2, -0.15) is 0 Å². The van der Waals surface area contributed by atoms with Gasteiger partial charge in [0.2, 0.25) is 0 Å². The Kier molecular flexibility index (Phi) is 9.64. The maximum atomic E-state index is 14.9. The van der Waals surface area contributed by atoms with Crippen molar-refractivity contribution >= 4 is 17.3 Å². The molecule has 0 radical (unpaired) electrons. The van der Waals surface area contributed by atoms with E-state index in [9.17, 15) is 8.78 Å². The predicted octanol–water partition coefficient (Wildman–Crippen LogP) is 7.76. The quantitative estimate of drug-likeness (QED) is 0.170. The first kappa shape index (κ1) is 27.2. The molecule has 0 aliphatic carbocycles. The molecule has 37 heavy (non-hydrogen) atoms. The number of methoxy groups -OCH3 is 1. The molecule has 4 rings (SSSR count). The van der Waals surface area contributed by atoms with Crippen LogP contribution in [0.15, 0.2) is 94.9 Å². The van der Waals surface area contributed by atoms with E-state index in [2.05, 4.69) is 35.7 Å². The summed E-state index contributed by atoms with van der Waals surface area (Å²) in [4.78, 5) is 3.53. The fourth-order valence-corrected chi connectivity index (χ4v) is 5.91. The van der Waals surface area contributed by atoms with Crippen LogP contribution in [0, 0.1) is 0 Å². The number of hydrogen-bond donors (Lipinski definition) is 0. The molecule has 0 N–H and O–H groups in total. The standard InChI is InChI=1S/C31H35F2NO2S/c1-22(35-3)10-15-27(23(2)33)29-21-37-30-9-5-4-8-28(30)31(29)24-11-13-25(14-12-24)36-26-16-19-34(20-26)18-7-6-17-32/h4-5,8-15,26H,1,6-7,16-21H2,2-3H3/b15-10-,27-23-. The molecule has 2 heterocycles. The minimum atomic E-state index is -0.248. The molecule has 196 valence electrons. The minimum absolute atomic E-state index is 0.139. The van der Waals surface area contributed by atoms with Gasteiger partial charge in [-0.1, -0.05) is 36.9 Å². The monoisotopic (exact) mass is 523 g/mol. The first-order valence-electron chi connectivity index (χ1n) is 12.8. The van der Waals surface area contributed by atoms with Gasteiger partial charge in [0.25, 0.3) is 0 Å². The van der Waals surface area contributed by atoms with Gasteiger partial charge in [-0.15, -0.1) is 11.8 Å². The highest BCUT2D eigenvalue weighted by Crippen LogP contribution is 2.44. The van der Waals surface area contributed by atoms with Gasteiger partial charge >= 0.3 is 0 Å². The summed E-state index contributed by atoms with van der Waals surface area (Å²) in [5, 5.41) is 0. The van der Waals surface area contributed by atoms with Crippen LogP contribution in [0.3, 0.4) is 0 Å². The van der Waals surface area contributed by atoms with Crippen LogP contribution in [0.4, 0.5) is 8.78 Å². The molecular weight excluding hydrogens is 488 g/mol. The van der Waals surface area contributed by atoms with Crippen molar-refractivity contribution in [2.75, 3.05) is 39.2 Å². The Hall–Kier alpha value is -2.83. The second-order valence-electron chi connectivity index (χ2n) is 9.34. The van der Waals surface area contributed by atoms with Gasteiger partial charge in [0, 0.05) is 29.3 Å². The lowest BCUT2D eigenvalue weighted by atomic mass is 9.89. The summed E-state index contributed by atoms with van der Waals surface area (Å²) in [6.45, 7) is 7.86. The highest BCUT2D eigenvalue weighted by Gasteiger charge is 2.25. The summed E-state index contributed by atoms with van der Waals surface area (Å²) < 4.78 is 38.7. The van der Waals surface area contributed by atoms with Crippen molar-refractivity contribution in [3.05, 3.63) is 101 Å². The summed E-state index contributed by atoms with van der Waals surface area (Å²) in [5.74, 6) is 1.71. The third-order valence-electron chi connectivity index (χ3n) is 6.76. The van der Waals surface area contributed by atoms with Crippen molar-refractivity contribution in [3.8, 4) is 5.75 Å². The van der Waals surface area contributed by atoms with Gasteiger partial charge in [-0.05, 0) is 85.4 Å². The maximum absolute atomic E-state index is 14.9. The van der Waals surface area contributed by atoms with Crippen molar-refractivity contribution in [2.24, 2.45) is 0 Å². The Labute approximate surface area is 223 Å². The van der Waals surface area contributed by atoms with E-state index in [0.717, 1.165) is 60.5 Å². The highest BCUT2D eigenvalue weighted by molar-refractivity contribution is 7.99. The third kappa shape index (κ3) is 6.93. The number of ether oxygens (including phenoxy) is 2. The molecule has 1 saturated heterocycles. The number of hydrogen-bond acceptors (Lipinski definition) is 4. The van der Waals surface area contributed by atoms with Crippen LogP contribution in [0.25, 0.3) is 5.57 Å². The van der Waals surface area contributed by atoms with E-state index in [0.29, 0.717) is 23.5 Å².